The highest BCUT2D eigenvalue weighted by atomic mass is 16.5. The highest BCUT2D eigenvalue weighted by molar-refractivity contribution is 5.85. The molecule has 2 heterocycles. The first-order valence-corrected chi connectivity index (χ1v) is 10.0. The molecular formula is C21H28N6O4. The van der Waals surface area contributed by atoms with Gasteiger partial charge >= 0.3 is 6.09 Å². The molecule has 2 N–H and O–H groups in total. The molecule has 0 aliphatic rings. The van der Waals surface area contributed by atoms with E-state index < -0.39 is 6.09 Å². The third kappa shape index (κ3) is 5.14. The van der Waals surface area contributed by atoms with Crippen molar-refractivity contribution in [1.82, 2.24) is 24.9 Å². The molecule has 0 fully saturated rings. The van der Waals surface area contributed by atoms with Gasteiger partial charge < -0.3 is 24.8 Å². The minimum Gasteiger partial charge on any atom is -0.493 e. The molecule has 2 aromatic heterocycles. The van der Waals surface area contributed by atoms with Crippen molar-refractivity contribution in [2.45, 2.75) is 26.7 Å². The fraction of sp³-hybridized carbons (Fsp3) is 0.429. The summed E-state index contributed by atoms with van der Waals surface area (Å²) in [5, 5.41) is 14.5. The quantitative estimate of drug-likeness (QED) is 0.374. The molecule has 10 nitrogen and oxygen atoms in total. The average molecular weight is 428 g/mol. The van der Waals surface area contributed by atoms with E-state index >= 15 is 0 Å². The standard InChI is InChI=1S/C21H28N6O4/c1-13(2)12-31-21(28)23-9-7-6-8-22-19-20-26-25-14(3)27(20)16-11-18(30-5)17(29-4)10-15(16)24-19/h10-11H,1,6-9,12H2,2-5H3,(H,22,24)(H,23,28). The largest absolute Gasteiger partial charge is 0.493 e. The molecule has 0 bridgehead atoms. The first kappa shape index (κ1) is 22.1. The molecule has 1 amide bonds. The number of anilines is 1. The summed E-state index contributed by atoms with van der Waals surface area (Å²) in [5.74, 6) is 2.59. The van der Waals surface area contributed by atoms with E-state index in [2.05, 4.69) is 27.4 Å². The van der Waals surface area contributed by atoms with Crippen molar-refractivity contribution in [2.75, 3.05) is 39.2 Å². The topological polar surface area (TPSA) is 112 Å². The summed E-state index contributed by atoms with van der Waals surface area (Å²) in [6, 6.07) is 3.70. The Kier molecular flexibility index (Phi) is 7.11. The lowest BCUT2D eigenvalue weighted by Gasteiger charge is -2.13. The van der Waals surface area contributed by atoms with Gasteiger partial charge in [0, 0.05) is 25.2 Å². The number of unbranched alkanes of at least 4 members (excludes halogenated alkanes) is 1. The lowest BCUT2D eigenvalue weighted by atomic mass is 10.2. The highest BCUT2D eigenvalue weighted by Gasteiger charge is 2.16. The number of amides is 1. The van der Waals surface area contributed by atoms with Gasteiger partial charge in [-0.25, -0.2) is 9.78 Å². The van der Waals surface area contributed by atoms with E-state index in [0.717, 1.165) is 35.3 Å². The van der Waals surface area contributed by atoms with Gasteiger partial charge in [0.05, 0.1) is 25.3 Å². The number of methoxy groups -OCH3 is 2. The summed E-state index contributed by atoms with van der Waals surface area (Å²) in [7, 11) is 3.19. The highest BCUT2D eigenvalue weighted by Crippen LogP contribution is 2.33. The van der Waals surface area contributed by atoms with E-state index in [0.29, 0.717) is 36.1 Å². The Morgan fingerprint density at radius 2 is 1.84 bits per heavy atom. The molecule has 0 saturated heterocycles. The van der Waals surface area contributed by atoms with Crippen molar-refractivity contribution in [3.8, 4) is 11.5 Å². The van der Waals surface area contributed by atoms with Crippen LogP contribution in [0.4, 0.5) is 10.6 Å². The van der Waals surface area contributed by atoms with Crippen molar-refractivity contribution in [3.63, 3.8) is 0 Å². The number of alkyl carbamates (subject to hydrolysis) is 1. The number of hydrogen-bond donors (Lipinski definition) is 2. The van der Waals surface area contributed by atoms with Gasteiger partial charge in [-0.3, -0.25) is 4.40 Å². The normalized spacial score (nSPS) is 10.8. The zero-order valence-electron chi connectivity index (χ0n) is 18.3. The molecule has 0 atom stereocenters. The van der Waals surface area contributed by atoms with Crippen LogP contribution >= 0.6 is 0 Å². The third-order valence-corrected chi connectivity index (χ3v) is 4.61. The van der Waals surface area contributed by atoms with Gasteiger partial charge in [-0.05, 0) is 32.3 Å². The van der Waals surface area contributed by atoms with Crippen molar-refractivity contribution >= 4 is 28.6 Å². The van der Waals surface area contributed by atoms with Crippen molar-refractivity contribution in [2.24, 2.45) is 0 Å². The molecule has 1 aromatic carbocycles. The Balaban J connectivity index is 1.67. The Morgan fingerprint density at radius 3 is 2.55 bits per heavy atom. The number of aromatic nitrogens is 4. The van der Waals surface area contributed by atoms with E-state index in [1.54, 1.807) is 21.1 Å². The molecule has 0 aliphatic carbocycles. The van der Waals surface area contributed by atoms with Crippen LogP contribution in [0.15, 0.2) is 24.3 Å². The monoisotopic (exact) mass is 428 g/mol. The van der Waals surface area contributed by atoms with Crippen LogP contribution in [0.5, 0.6) is 11.5 Å². The fourth-order valence-corrected chi connectivity index (χ4v) is 3.11. The Labute approximate surface area is 180 Å². The second-order valence-electron chi connectivity index (χ2n) is 7.16. The van der Waals surface area contributed by atoms with Crippen LogP contribution in [0.2, 0.25) is 0 Å². The maximum Gasteiger partial charge on any atom is 0.407 e. The number of carbonyl (C=O) groups is 1. The van der Waals surface area contributed by atoms with Crippen LogP contribution in [-0.2, 0) is 4.74 Å². The molecule has 31 heavy (non-hydrogen) atoms. The smallest absolute Gasteiger partial charge is 0.407 e. The van der Waals surface area contributed by atoms with Gasteiger partial charge in [0.1, 0.15) is 12.4 Å². The molecule has 0 saturated carbocycles. The average Bonchev–Trinajstić information content (AvgIpc) is 3.15. The van der Waals surface area contributed by atoms with Crippen LogP contribution in [-0.4, -0.2) is 59.6 Å². The summed E-state index contributed by atoms with van der Waals surface area (Å²) in [4.78, 5) is 16.3. The van der Waals surface area contributed by atoms with Crippen LogP contribution in [0, 0.1) is 6.92 Å². The third-order valence-electron chi connectivity index (χ3n) is 4.61. The van der Waals surface area contributed by atoms with Gasteiger partial charge in [-0.1, -0.05) is 6.58 Å². The first-order chi connectivity index (χ1) is 14.9. The number of nitrogens with zero attached hydrogens (tertiary/aromatic N) is 4. The zero-order chi connectivity index (χ0) is 22.4. The Hall–Kier alpha value is -3.56. The second-order valence-corrected chi connectivity index (χ2v) is 7.16. The molecule has 0 aliphatic heterocycles. The van der Waals surface area contributed by atoms with Gasteiger partial charge in [-0.15, -0.1) is 10.2 Å². The van der Waals surface area contributed by atoms with Crippen LogP contribution in [0.1, 0.15) is 25.6 Å². The maximum absolute atomic E-state index is 11.5. The number of rotatable bonds is 10. The fourth-order valence-electron chi connectivity index (χ4n) is 3.11. The number of ether oxygens (including phenoxy) is 3. The lowest BCUT2D eigenvalue weighted by molar-refractivity contribution is 0.155. The van der Waals surface area contributed by atoms with E-state index in [1.165, 1.54) is 0 Å². The van der Waals surface area contributed by atoms with Gasteiger partial charge in [0.2, 0.25) is 5.65 Å². The van der Waals surface area contributed by atoms with E-state index in [1.807, 2.05) is 23.5 Å². The lowest BCUT2D eigenvalue weighted by Crippen LogP contribution is -2.26. The van der Waals surface area contributed by atoms with E-state index in [9.17, 15) is 4.79 Å². The number of fused-ring (bicyclic) bond motifs is 3. The summed E-state index contributed by atoms with van der Waals surface area (Å²) in [6.07, 6.45) is 1.18. The summed E-state index contributed by atoms with van der Waals surface area (Å²) in [6.45, 7) is 8.80. The molecule has 166 valence electrons. The number of nitrogens with one attached hydrogen (secondary N) is 2. The van der Waals surface area contributed by atoms with Crippen LogP contribution in [0.3, 0.4) is 0 Å². The van der Waals surface area contributed by atoms with Crippen LogP contribution in [0.25, 0.3) is 16.7 Å². The minimum absolute atomic E-state index is 0.228. The van der Waals surface area contributed by atoms with Gasteiger partial charge in [0.25, 0.3) is 0 Å². The second kappa shape index (κ2) is 9.96. The van der Waals surface area contributed by atoms with Crippen molar-refractivity contribution in [3.05, 3.63) is 30.1 Å². The minimum atomic E-state index is -0.433. The van der Waals surface area contributed by atoms with Crippen molar-refractivity contribution < 1.29 is 19.0 Å². The predicted octanol–water partition coefficient (Wildman–Crippen LogP) is 3.10. The van der Waals surface area contributed by atoms with Gasteiger partial charge in [0.15, 0.2) is 17.3 Å². The molecular weight excluding hydrogens is 400 g/mol. The molecule has 3 rings (SSSR count). The van der Waals surface area contributed by atoms with Crippen LogP contribution < -0.4 is 20.1 Å². The molecule has 0 spiro atoms. The first-order valence-electron chi connectivity index (χ1n) is 10.0. The summed E-state index contributed by atoms with van der Waals surface area (Å²) >= 11 is 0. The maximum atomic E-state index is 11.5. The van der Waals surface area contributed by atoms with Crippen molar-refractivity contribution in [1.29, 1.82) is 0 Å². The molecule has 0 radical (unpaired) electrons. The molecule has 10 heteroatoms. The van der Waals surface area contributed by atoms with E-state index in [4.69, 9.17) is 19.2 Å². The Bertz CT molecular complexity index is 1090. The van der Waals surface area contributed by atoms with E-state index in [-0.39, 0.29) is 6.61 Å². The molecule has 0 unspecified atom stereocenters. The summed E-state index contributed by atoms with van der Waals surface area (Å²) < 4.78 is 17.8. The molecule has 3 aromatic rings. The zero-order valence-corrected chi connectivity index (χ0v) is 18.3. The number of hydrogen-bond acceptors (Lipinski definition) is 8. The number of benzene rings is 1. The Morgan fingerprint density at radius 1 is 1.13 bits per heavy atom. The predicted molar refractivity (Wildman–Crippen MR) is 118 cm³/mol. The SMILES string of the molecule is C=C(C)COC(=O)NCCCCNc1nc2cc(OC)c(OC)cc2n2c(C)nnc12. The number of aryl methyl sites for hydroxylation is 1. The summed E-state index contributed by atoms with van der Waals surface area (Å²) in [5.41, 5.74) is 3.00. The van der Waals surface area contributed by atoms with Gasteiger partial charge in [-0.2, -0.15) is 0 Å². The number of carbonyl (C=O) groups excluding carboxylic acids is 1.